The van der Waals surface area contributed by atoms with Crippen molar-refractivity contribution in [1.82, 2.24) is 4.90 Å². The molecule has 1 aliphatic heterocycles. The van der Waals surface area contributed by atoms with Gasteiger partial charge in [-0.25, -0.2) is 4.39 Å². The second-order valence-corrected chi connectivity index (χ2v) is 7.01. The van der Waals surface area contributed by atoms with Crippen LogP contribution in [0.4, 0.5) is 10.1 Å². The predicted octanol–water partition coefficient (Wildman–Crippen LogP) is 3.15. The van der Waals surface area contributed by atoms with Gasteiger partial charge in [-0.3, -0.25) is 4.90 Å². The third kappa shape index (κ3) is 5.17. The van der Waals surface area contributed by atoms with Crippen molar-refractivity contribution in [3.63, 3.8) is 0 Å². The molecule has 25 heavy (non-hydrogen) atoms. The van der Waals surface area contributed by atoms with E-state index in [0.717, 1.165) is 42.1 Å². The number of para-hydroxylation sites is 1. The highest BCUT2D eigenvalue weighted by atomic mass is 79.9. The van der Waals surface area contributed by atoms with Gasteiger partial charge in [0.25, 0.3) is 0 Å². The highest BCUT2D eigenvalue weighted by Gasteiger charge is 2.20. The van der Waals surface area contributed by atoms with Crippen molar-refractivity contribution < 1.29 is 14.2 Å². The SMILES string of the molecule is O[C@H](COc1ccccc1Br)CN1CCN(c2ccc(F)cc2)CC1. The van der Waals surface area contributed by atoms with E-state index in [-0.39, 0.29) is 12.4 Å². The average Bonchev–Trinajstić information content (AvgIpc) is 2.62. The molecule has 1 heterocycles. The number of ether oxygens (including phenoxy) is 1. The second kappa shape index (κ2) is 8.65. The Morgan fingerprint density at radius 1 is 1.04 bits per heavy atom. The first-order chi connectivity index (χ1) is 12.1. The molecular formula is C19H22BrFN2O2. The van der Waals surface area contributed by atoms with Gasteiger partial charge >= 0.3 is 0 Å². The number of hydrogen-bond acceptors (Lipinski definition) is 4. The van der Waals surface area contributed by atoms with E-state index in [0.29, 0.717) is 6.54 Å². The molecule has 0 spiro atoms. The van der Waals surface area contributed by atoms with Gasteiger partial charge in [0.2, 0.25) is 0 Å². The van der Waals surface area contributed by atoms with Crippen molar-refractivity contribution in [3.05, 3.63) is 58.8 Å². The van der Waals surface area contributed by atoms with Crippen LogP contribution in [-0.2, 0) is 0 Å². The third-order valence-corrected chi connectivity index (χ3v) is 4.96. The lowest BCUT2D eigenvalue weighted by molar-refractivity contribution is 0.0660. The molecule has 0 amide bonds. The first kappa shape index (κ1) is 18.2. The van der Waals surface area contributed by atoms with Gasteiger partial charge in [0.1, 0.15) is 24.3 Å². The number of anilines is 1. The lowest BCUT2D eigenvalue weighted by Crippen LogP contribution is -2.49. The van der Waals surface area contributed by atoms with Crippen LogP contribution in [0.15, 0.2) is 53.0 Å². The summed E-state index contributed by atoms with van der Waals surface area (Å²) in [5, 5.41) is 10.2. The Labute approximate surface area is 155 Å². The van der Waals surface area contributed by atoms with E-state index in [2.05, 4.69) is 25.7 Å². The minimum atomic E-state index is -0.538. The number of rotatable bonds is 6. The summed E-state index contributed by atoms with van der Waals surface area (Å²) in [6.07, 6.45) is -0.538. The molecular weight excluding hydrogens is 387 g/mol. The molecule has 2 aromatic carbocycles. The Bertz CT molecular complexity index is 675. The average molecular weight is 409 g/mol. The molecule has 1 fully saturated rings. The first-order valence-electron chi connectivity index (χ1n) is 8.40. The fourth-order valence-corrected chi connectivity index (χ4v) is 3.34. The maximum absolute atomic E-state index is 13.0. The molecule has 0 saturated carbocycles. The van der Waals surface area contributed by atoms with E-state index >= 15 is 0 Å². The van der Waals surface area contributed by atoms with Crippen molar-refractivity contribution in [2.75, 3.05) is 44.2 Å². The lowest BCUT2D eigenvalue weighted by atomic mass is 10.2. The number of benzene rings is 2. The number of nitrogens with zero attached hydrogens (tertiary/aromatic N) is 2. The quantitative estimate of drug-likeness (QED) is 0.796. The van der Waals surface area contributed by atoms with Crippen molar-refractivity contribution in [1.29, 1.82) is 0 Å². The second-order valence-electron chi connectivity index (χ2n) is 6.16. The van der Waals surface area contributed by atoms with Gasteiger partial charge in [-0.05, 0) is 52.3 Å². The molecule has 3 rings (SSSR count). The van der Waals surface area contributed by atoms with Crippen molar-refractivity contribution in [2.45, 2.75) is 6.10 Å². The number of piperazine rings is 1. The summed E-state index contributed by atoms with van der Waals surface area (Å²) < 4.78 is 19.6. The Hall–Kier alpha value is -1.63. The van der Waals surface area contributed by atoms with Gasteiger partial charge in [0.05, 0.1) is 4.47 Å². The molecule has 6 heteroatoms. The largest absolute Gasteiger partial charge is 0.490 e. The van der Waals surface area contributed by atoms with Crippen LogP contribution in [0.25, 0.3) is 0 Å². The van der Waals surface area contributed by atoms with Crippen molar-refractivity contribution in [2.24, 2.45) is 0 Å². The summed E-state index contributed by atoms with van der Waals surface area (Å²) in [6, 6.07) is 14.2. The summed E-state index contributed by atoms with van der Waals surface area (Å²) in [4.78, 5) is 4.47. The minimum absolute atomic E-state index is 0.212. The summed E-state index contributed by atoms with van der Waals surface area (Å²) in [7, 11) is 0. The fourth-order valence-electron chi connectivity index (χ4n) is 2.94. The minimum Gasteiger partial charge on any atom is -0.490 e. The number of halogens is 2. The van der Waals surface area contributed by atoms with Crippen molar-refractivity contribution in [3.8, 4) is 5.75 Å². The number of aliphatic hydroxyl groups is 1. The summed E-state index contributed by atoms with van der Waals surface area (Å²) in [5.41, 5.74) is 1.04. The molecule has 134 valence electrons. The molecule has 0 bridgehead atoms. The van der Waals surface area contributed by atoms with Crippen LogP contribution < -0.4 is 9.64 Å². The molecule has 0 radical (unpaired) electrons. The number of β-amino-alcohol motifs (C(OH)–C–C–N with tert-alkyl or cyclic N) is 1. The van der Waals surface area contributed by atoms with Crippen molar-refractivity contribution >= 4 is 21.6 Å². The third-order valence-electron chi connectivity index (χ3n) is 4.30. The molecule has 0 aromatic heterocycles. The molecule has 1 aliphatic rings. The zero-order valence-corrected chi connectivity index (χ0v) is 15.5. The predicted molar refractivity (Wildman–Crippen MR) is 101 cm³/mol. The van der Waals surface area contributed by atoms with Crippen LogP contribution in [0.1, 0.15) is 0 Å². The molecule has 4 nitrogen and oxygen atoms in total. The summed E-state index contributed by atoms with van der Waals surface area (Å²) in [6.45, 7) is 4.31. The van der Waals surface area contributed by atoms with E-state index in [1.807, 2.05) is 36.4 Å². The Morgan fingerprint density at radius 3 is 2.40 bits per heavy atom. The van der Waals surface area contributed by atoms with Crippen LogP contribution in [0.5, 0.6) is 5.75 Å². The van der Waals surface area contributed by atoms with E-state index in [4.69, 9.17) is 4.74 Å². The molecule has 1 saturated heterocycles. The molecule has 2 aromatic rings. The highest BCUT2D eigenvalue weighted by molar-refractivity contribution is 9.10. The maximum atomic E-state index is 13.0. The molecule has 0 aliphatic carbocycles. The van der Waals surface area contributed by atoms with Crippen LogP contribution in [0.3, 0.4) is 0 Å². The fraction of sp³-hybridized carbons (Fsp3) is 0.368. The van der Waals surface area contributed by atoms with Gasteiger partial charge in [0, 0.05) is 38.4 Å². The Kier molecular flexibility index (Phi) is 6.29. The molecule has 0 unspecified atom stereocenters. The monoisotopic (exact) mass is 408 g/mol. The zero-order valence-electron chi connectivity index (χ0n) is 13.9. The Morgan fingerprint density at radius 2 is 1.72 bits per heavy atom. The van der Waals surface area contributed by atoms with Crippen LogP contribution in [0, 0.1) is 5.82 Å². The number of aliphatic hydroxyl groups excluding tert-OH is 1. The highest BCUT2D eigenvalue weighted by Crippen LogP contribution is 2.24. The topological polar surface area (TPSA) is 35.9 Å². The van der Waals surface area contributed by atoms with Gasteiger partial charge < -0.3 is 14.7 Å². The number of hydrogen-bond donors (Lipinski definition) is 1. The molecule has 1 N–H and O–H groups in total. The van der Waals surface area contributed by atoms with Gasteiger partial charge in [-0.2, -0.15) is 0 Å². The lowest BCUT2D eigenvalue weighted by Gasteiger charge is -2.36. The van der Waals surface area contributed by atoms with Crippen LogP contribution >= 0.6 is 15.9 Å². The van der Waals surface area contributed by atoms with E-state index < -0.39 is 6.10 Å². The van der Waals surface area contributed by atoms with Crippen LogP contribution in [0.2, 0.25) is 0 Å². The van der Waals surface area contributed by atoms with E-state index in [1.165, 1.54) is 12.1 Å². The normalized spacial score (nSPS) is 16.7. The summed E-state index contributed by atoms with van der Waals surface area (Å²) in [5.74, 6) is 0.526. The first-order valence-corrected chi connectivity index (χ1v) is 9.19. The van der Waals surface area contributed by atoms with Crippen LogP contribution in [-0.4, -0.2) is 55.4 Å². The van der Waals surface area contributed by atoms with E-state index in [9.17, 15) is 9.50 Å². The maximum Gasteiger partial charge on any atom is 0.133 e. The smallest absolute Gasteiger partial charge is 0.133 e. The van der Waals surface area contributed by atoms with Gasteiger partial charge in [0.15, 0.2) is 0 Å². The van der Waals surface area contributed by atoms with E-state index in [1.54, 1.807) is 0 Å². The summed E-state index contributed by atoms with van der Waals surface area (Å²) >= 11 is 3.43. The standard InChI is InChI=1S/C19H22BrFN2O2/c20-18-3-1-2-4-19(18)25-14-17(24)13-22-9-11-23(12-10-22)16-7-5-15(21)6-8-16/h1-8,17,24H,9-14H2/t17-/m0/s1. The molecule has 1 atom stereocenters. The van der Waals surface area contributed by atoms with Gasteiger partial charge in [-0.1, -0.05) is 12.1 Å². The zero-order chi connectivity index (χ0) is 17.6. The Balaban J connectivity index is 1.42. The van der Waals surface area contributed by atoms with Gasteiger partial charge in [-0.15, -0.1) is 0 Å².